The molecule has 1 amide bonds. The van der Waals surface area contributed by atoms with E-state index in [1.54, 1.807) is 7.11 Å². The van der Waals surface area contributed by atoms with Crippen molar-refractivity contribution in [3.63, 3.8) is 0 Å². The summed E-state index contributed by atoms with van der Waals surface area (Å²) in [5, 5.41) is 3.20. The van der Waals surface area contributed by atoms with Crippen LogP contribution in [0, 0.1) is 0 Å². The maximum Gasteiger partial charge on any atom is 0.235 e. The lowest BCUT2D eigenvalue weighted by Crippen LogP contribution is -2.45. The van der Waals surface area contributed by atoms with Crippen LogP contribution < -0.4 is 5.32 Å². The second kappa shape index (κ2) is 10.7. The molecule has 2 aliphatic heterocycles. The normalized spacial score (nSPS) is 22.2. The van der Waals surface area contributed by atoms with Crippen molar-refractivity contribution in [3.05, 3.63) is 53.3 Å². The molecule has 2 fully saturated rings. The summed E-state index contributed by atoms with van der Waals surface area (Å²) in [4.78, 5) is 17.9. The van der Waals surface area contributed by atoms with Crippen molar-refractivity contribution >= 4 is 11.6 Å². The molecule has 1 aliphatic carbocycles. The Bertz CT molecular complexity index is 923. The number of amides is 1. The van der Waals surface area contributed by atoms with Crippen LogP contribution in [0.5, 0.6) is 0 Å². The molecule has 1 unspecified atom stereocenters. The molecule has 2 heterocycles. The van der Waals surface area contributed by atoms with Crippen molar-refractivity contribution in [1.29, 1.82) is 0 Å². The maximum atomic E-state index is 13.0. The van der Waals surface area contributed by atoms with E-state index in [0.29, 0.717) is 6.04 Å². The fraction of sp³-hybridized carbons (Fsp3) is 0.621. The summed E-state index contributed by atoms with van der Waals surface area (Å²) in [5.74, 6) is 0.165. The van der Waals surface area contributed by atoms with Crippen LogP contribution in [0.25, 0.3) is 0 Å². The van der Waals surface area contributed by atoms with Crippen LogP contribution in [-0.4, -0.2) is 55.5 Å². The predicted octanol–water partition coefficient (Wildman–Crippen LogP) is 5.79. The number of allylic oxidation sites excluding steroid dienone is 1. The first-order valence-electron chi connectivity index (χ1n) is 13.2. The summed E-state index contributed by atoms with van der Waals surface area (Å²) in [6, 6.07) is 7.11. The van der Waals surface area contributed by atoms with Gasteiger partial charge in [0.05, 0.1) is 11.5 Å². The molecule has 5 heteroatoms. The standard InChI is InChI=1S/C29H43N3O2/c1-6-26(32(7-2)23-11-9-8-10-12-23)21(3)19-27(34-5)22-13-14-24-25(20-22)30-28(33)29(24)15-17-31(4)18-16-29/h6,13-14,20,23,27H,1,7-12,15-19H2,2-5H3,(H,30,33)/b26-21+. The molecule has 4 rings (SSSR count). The number of methoxy groups -OCH3 is 1. The van der Waals surface area contributed by atoms with Gasteiger partial charge in [-0.1, -0.05) is 38.0 Å². The van der Waals surface area contributed by atoms with Crippen molar-refractivity contribution in [2.75, 3.05) is 39.1 Å². The van der Waals surface area contributed by atoms with E-state index in [1.807, 2.05) is 6.08 Å². The Morgan fingerprint density at radius 2 is 2.00 bits per heavy atom. The first-order chi connectivity index (χ1) is 16.4. The zero-order chi connectivity index (χ0) is 24.3. The quantitative estimate of drug-likeness (QED) is 0.493. The van der Waals surface area contributed by atoms with Gasteiger partial charge in [0.25, 0.3) is 0 Å². The number of benzene rings is 1. The van der Waals surface area contributed by atoms with Crippen LogP contribution in [0.3, 0.4) is 0 Å². The van der Waals surface area contributed by atoms with Gasteiger partial charge in [0.2, 0.25) is 5.91 Å². The minimum Gasteiger partial charge on any atom is -0.376 e. The maximum absolute atomic E-state index is 13.0. The largest absolute Gasteiger partial charge is 0.376 e. The third kappa shape index (κ3) is 4.70. The van der Waals surface area contributed by atoms with Gasteiger partial charge in [0.15, 0.2) is 0 Å². The highest BCUT2D eigenvalue weighted by molar-refractivity contribution is 6.06. The topological polar surface area (TPSA) is 44.8 Å². The van der Waals surface area contributed by atoms with E-state index in [4.69, 9.17) is 4.74 Å². The molecule has 1 atom stereocenters. The van der Waals surface area contributed by atoms with Gasteiger partial charge in [-0.3, -0.25) is 4.79 Å². The molecule has 1 saturated heterocycles. The number of likely N-dealkylation sites (N-methyl/N-ethyl adjacent to an activating group) is 1. The van der Waals surface area contributed by atoms with Crippen molar-refractivity contribution in [3.8, 4) is 0 Å². The molecule has 186 valence electrons. The molecule has 1 aromatic rings. The molecule has 5 nitrogen and oxygen atoms in total. The van der Waals surface area contributed by atoms with Crippen LogP contribution in [-0.2, 0) is 14.9 Å². The molecule has 0 radical (unpaired) electrons. The molecule has 0 bridgehead atoms. The zero-order valence-corrected chi connectivity index (χ0v) is 21.7. The Kier molecular flexibility index (Phi) is 7.83. The number of carbonyl (C=O) groups is 1. The third-order valence-electron chi connectivity index (χ3n) is 8.53. The van der Waals surface area contributed by atoms with Gasteiger partial charge in [-0.05, 0) is 88.5 Å². The van der Waals surface area contributed by atoms with E-state index in [2.05, 4.69) is 60.8 Å². The van der Waals surface area contributed by atoms with Crippen LogP contribution in [0.1, 0.15) is 82.4 Å². The lowest BCUT2D eigenvalue weighted by molar-refractivity contribution is -0.122. The molecule has 34 heavy (non-hydrogen) atoms. The Morgan fingerprint density at radius 3 is 2.62 bits per heavy atom. The van der Waals surface area contributed by atoms with E-state index < -0.39 is 0 Å². The lowest BCUT2D eigenvalue weighted by atomic mass is 9.73. The number of rotatable bonds is 8. The highest BCUT2D eigenvalue weighted by Gasteiger charge is 2.48. The Labute approximate surface area is 206 Å². The monoisotopic (exact) mass is 465 g/mol. The molecular weight excluding hydrogens is 422 g/mol. The molecular formula is C29H43N3O2. The van der Waals surface area contributed by atoms with Crippen LogP contribution in [0.2, 0.25) is 0 Å². The average Bonchev–Trinajstić information content (AvgIpc) is 3.13. The van der Waals surface area contributed by atoms with Crippen LogP contribution in [0.15, 0.2) is 42.1 Å². The number of nitrogens with zero attached hydrogens (tertiary/aromatic N) is 2. The number of hydrogen-bond acceptors (Lipinski definition) is 4. The SMILES string of the molecule is C=C/C(=C(/C)CC(OC)c1ccc2c(c1)NC(=O)C21CCN(C)CC1)N(CC)C1CCCCC1. The van der Waals surface area contributed by atoms with E-state index in [0.717, 1.165) is 55.7 Å². The van der Waals surface area contributed by atoms with Crippen LogP contribution >= 0.6 is 0 Å². The average molecular weight is 466 g/mol. The Hall–Kier alpha value is -2.11. The Morgan fingerprint density at radius 1 is 1.29 bits per heavy atom. The van der Waals surface area contributed by atoms with Crippen molar-refractivity contribution in [2.45, 2.75) is 82.8 Å². The zero-order valence-electron chi connectivity index (χ0n) is 21.7. The van der Waals surface area contributed by atoms with E-state index in [-0.39, 0.29) is 17.4 Å². The van der Waals surface area contributed by atoms with Crippen LogP contribution in [0.4, 0.5) is 5.69 Å². The second-order valence-corrected chi connectivity index (χ2v) is 10.5. The Balaban J connectivity index is 1.56. The summed E-state index contributed by atoms with van der Waals surface area (Å²) in [6.45, 7) is 11.6. The number of hydrogen-bond donors (Lipinski definition) is 1. The van der Waals surface area contributed by atoms with E-state index in [9.17, 15) is 4.79 Å². The second-order valence-electron chi connectivity index (χ2n) is 10.5. The highest BCUT2D eigenvalue weighted by atomic mass is 16.5. The van der Waals surface area contributed by atoms with Gasteiger partial charge in [-0.2, -0.15) is 0 Å². The molecule has 0 aromatic heterocycles. The van der Waals surface area contributed by atoms with Gasteiger partial charge in [0, 0.05) is 37.5 Å². The van der Waals surface area contributed by atoms with Crippen molar-refractivity contribution in [2.24, 2.45) is 0 Å². The van der Waals surface area contributed by atoms with Gasteiger partial charge in [-0.25, -0.2) is 0 Å². The molecule has 1 N–H and O–H groups in total. The minimum atomic E-state index is -0.365. The number of anilines is 1. The van der Waals surface area contributed by atoms with Gasteiger partial charge >= 0.3 is 0 Å². The first-order valence-corrected chi connectivity index (χ1v) is 13.2. The van der Waals surface area contributed by atoms with E-state index >= 15 is 0 Å². The summed E-state index contributed by atoms with van der Waals surface area (Å²) in [7, 11) is 3.92. The smallest absolute Gasteiger partial charge is 0.235 e. The number of piperidine rings is 1. The molecule has 1 saturated carbocycles. The fourth-order valence-electron chi connectivity index (χ4n) is 6.42. The third-order valence-corrected chi connectivity index (χ3v) is 8.53. The van der Waals surface area contributed by atoms with Crippen molar-refractivity contribution in [1.82, 2.24) is 9.80 Å². The van der Waals surface area contributed by atoms with E-state index in [1.165, 1.54) is 43.4 Å². The molecule has 3 aliphatic rings. The molecule has 1 aromatic carbocycles. The first kappa shape index (κ1) is 25.0. The number of nitrogens with one attached hydrogen (secondary N) is 1. The number of carbonyl (C=O) groups excluding carboxylic acids is 1. The van der Waals surface area contributed by atoms with Gasteiger partial charge < -0.3 is 19.9 Å². The molecule has 1 spiro atoms. The number of ether oxygens (including phenoxy) is 1. The van der Waals surface area contributed by atoms with Gasteiger partial charge in [-0.15, -0.1) is 0 Å². The fourth-order valence-corrected chi connectivity index (χ4v) is 6.42. The van der Waals surface area contributed by atoms with Gasteiger partial charge in [0.1, 0.15) is 0 Å². The number of likely N-dealkylation sites (tertiary alicyclic amines) is 1. The summed E-state index contributed by atoms with van der Waals surface area (Å²) in [6.07, 6.45) is 11.1. The highest BCUT2D eigenvalue weighted by Crippen LogP contribution is 2.46. The minimum absolute atomic E-state index is 0.0590. The predicted molar refractivity (Wildman–Crippen MR) is 140 cm³/mol. The summed E-state index contributed by atoms with van der Waals surface area (Å²) >= 11 is 0. The summed E-state index contributed by atoms with van der Waals surface area (Å²) < 4.78 is 5.99. The number of fused-ring (bicyclic) bond motifs is 2. The van der Waals surface area contributed by atoms with Crippen molar-refractivity contribution < 1.29 is 9.53 Å². The summed E-state index contributed by atoms with van der Waals surface area (Å²) in [5.41, 5.74) is 5.46. The lowest BCUT2D eigenvalue weighted by Gasteiger charge is -2.37.